The number of aromatic nitrogens is 2. The summed E-state index contributed by atoms with van der Waals surface area (Å²) in [5, 5.41) is 16.6. The summed E-state index contributed by atoms with van der Waals surface area (Å²) in [7, 11) is 1.42. The van der Waals surface area contributed by atoms with Crippen molar-refractivity contribution in [2.45, 2.75) is 27.2 Å². The first-order chi connectivity index (χ1) is 8.79. The molecule has 2 amide bonds. The van der Waals surface area contributed by atoms with Crippen molar-refractivity contribution < 1.29 is 14.5 Å². The summed E-state index contributed by atoms with van der Waals surface area (Å²) < 4.78 is 0. The molecule has 0 bridgehead atoms. The van der Waals surface area contributed by atoms with E-state index in [-0.39, 0.29) is 17.8 Å². The lowest BCUT2D eigenvalue weighted by molar-refractivity contribution is -0.385. The van der Waals surface area contributed by atoms with Gasteiger partial charge in [-0.05, 0) is 6.92 Å². The number of imide groups is 1. The molecular formula is C10H15N5O4. The van der Waals surface area contributed by atoms with Gasteiger partial charge in [0.2, 0.25) is 11.8 Å². The first-order valence-electron chi connectivity index (χ1n) is 5.57. The molecule has 1 heterocycles. The van der Waals surface area contributed by atoms with Crippen molar-refractivity contribution >= 4 is 17.5 Å². The lowest BCUT2D eigenvalue weighted by Crippen LogP contribution is -2.52. The van der Waals surface area contributed by atoms with E-state index in [1.807, 2.05) is 0 Å². The molecule has 0 radical (unpaired) electrons. The lowest BCUT2D eigenvalue weighted by atomic mass is 10.4. The molecule has 19 heavy (non-hydrogen) atoms. The Morgan fingerprint density at radius 2 is 2.11 bits per heavy atom. The third-order valence-corrected chi connectivity index (χ3v) is 2.48. The number of carbonyl (C=O) groups is 2. The van der Waals surface area contributed by atoms with Crippen molar-refractivity contribution in [2.75, 3.05) is 12.2 Å². The monoisotopic (exact) mass is 269 g/mol. The fourth-order valence-corrected chi connectivity index (χ4v) is 1.55. The molecule has 1 rings (SSSR count). The minimum atomic E-state index is -0.577. The van der Waals surface area contributed by atoms with Crippen LogP contribution in [0.5, 0.6) is 0 Å². The van der Waals surface area contributed by atoms with E-state index in [2.05, 4.69) is 5.10 Å². The first-order valence-corrected chi connectivity index (χ1v) is 5.57. The van der Waals surface area contributed by atoms with Crippen molar-refractivity contribution in [2.24, 2.45) is 0 Å². The highest BCUT2D eigenvalue weighted by atomic mass is 16.6. The summed E-state index contributed by atoms with van der Waals surface area (Å²) in [6.07, 6.45) is 1.28. The molecule has 0 saturated heterocycles. The van der Waals surface area contributed by atoms with Crippen LogP contribution >= 0.6 is 0 Å². The number of amides is 2. The topological polar surface area (TPSA) is 102 Å². The van der Waals surface area contributed by atoms with Gasteiger partial charge in [0.05, 0.1) is 4.92 Å². The van der Waals surface area contributed by atoms with Gasteiger partial charge in [0.25, 0.3) is 0 Å². The average molecular weight is 269 g/mol. The molecule has 0 N–H and O–H groups in total. The number of aryl methyl sites for hydroxylation is 1. The summed E-state index contributed by atoms with van der Waals surface area (Å²) in [6, 6.07) is 0. The minimum Gasteiger partial charge on any atom is -0.273 e. The van der Waals surface area contributed by atoms with Gasteiger partial charge in [-0.2, -0.15) is 14.9 Å². The molecule has 0 saturated carbocycles. The quantitative estimate of drug-likeness (QED) is 0.578. The van der Waals surface area contributed by atoms with Crippen LogP contribution in [0.15, 0.2) is 6.20 Å². The summed E-state index contributed by atoms with van der Waals surface area (Å²) in [4.78, 5) is 34.4. The Bertz CT molecular complexity index is 524. The number of carbonyl (C=O) groups excluding carboxylic acids is 2. The number of nitrogens with zero attached hydrogens (tertiary/aromatic N) is 5. The van der Waals surface area contributed by atoms with Gasteiger partial charge in [-0.3, -0.25) is 19.7 Å². The number of hydrogen-bond acceptors (Lipinski definition) is 6. The molecule has 0 atom stereocenters. The zero-order valence-corrected chi connectivity index (χ0v) is 11.2. The van der Waals surface area contributed by atoms with E-state index in [9.17, 15) is 19.7 Å². The molecule has 0 aromatic carbocycles. The highest BCUT2D eigenvalue weighted by molar-refractivity contribution is 5.94. The molecular weight excluding hydrogens is 254 g/mol. The van der Waals surface area contributed by atoms with Gasteiger partial charge in [-0.25, -0.2) is 0 Å². The number of nitro groups is 1. The second-order valence-corrected chi connectivity index (χ2v) is 3.84. The van der Waals surface area contributed by atoms with Gasteiger partial charge in [0.1, 0.15) is 11.9 Å². The van der Waals surface area contributed by atoms with Crippen molar-refractivity contribution in [3.05, 3.63) is 22.0 Å². The van der Waals surface area contributed by atoms with E-state index in [0.717, 1.165) is 21.1 Å². The van der Waals surface area contributed by atoms with E-state index in [0.29, 0.717) is 0 Å². The van der Waals surface area contributed by atoms with Crippen molar-refractivity contribution in [3.63, 3.8) is 0 Å². The summed E-state index contributed by atoms with van der Waals surface area (Å²) in [5.41, 5.74) is 0.0172. The first kappa shape index (κ1) is 14.6. The van der Waals surface area contributed by atoms with Crippen molar-refractivity contribution in [1.29, 1.82) is 0 Å². The number of hydrazine groups is 1. The predicted octanol–water partition coefficient (Wildman–Crippen LogP) is 0.368. The van der Waals surface area contributed by atoms with Gasteiger partial charge in [-0.1, -0.05) is 6.92 Å². The molecule has 0 fully saturated rings. The molecule has 0 aliphatic rings. The second-order valence-electron chi connectivity index (χ2n) is 3.84. The second kappa shape index (κ2) is 5.46. The molecule has 0 aliphatic carbocycles. The average Bonchev–Trinajstić information content (AvgIpc) is 2.70. The fraction of sp³-hybridized carbons (Fsp3) is 0.500. The van der Waals surface area contributed by atoms with Gasteiger partial charge in [0, 0.05) is 20.4 Å². The van der Waals surface area contributed by atoms with Crippen LogP contribution in [0.25, 0.3) is 0 Å². The minimum absolute atomic E-state index is 0.131. The SMILES string of the molecule is CCC(=O)N(C(C)=O)N(C)n1cc([N+](=O)[O-])c(C)n1. The summed E-state index contributed by atoms with van der Waals surface area (Å²) >= 11 is 0. The van der Waals surface area contributed by atoms with Crippen LogP contribution in [-0.2, 0) is 9.59 Å². The van der Waals surface area contributed by atoms with Crippen LogP contribution in [-0.4, -0.2) is 38.7 Å². The lowest BCUT2D eigenvalue weighted by Gasteiger charge is -2.29. The van der Waals surface area contributed by atoms with Crippen LogP contribution in [0.2, 0.25) is 0 Å². The van der Waals surface area contributed by atoms with E-state index in [4.69, 9.17) is 0 Å². The fourth-order valence-electron chi connectivity index (χ4n) is 1.55. The van der Waals surface area contributed by atoms with E-state index < -0.39 is 16.7 Å². The molecule has 0 spiro atoms. The molecule has 9 heteroatoms. The Morgan fingerprint density at radius 3 is 2.47 bits per heavy atom. The Morgan fingerprint density at radius 1 is 1.53 bits per heavy atom. The van der Waals surface area contributed by atoms with Crippen LogP contribution in [0.4, 0.5) is 5.69 Å². The Hall–Kier alpha value is -2.45. The highest BCUT2D eigenvalue weighted by Crippen LogP contribution is 2.15. The third-order valence-electron chi connectivity index (χ3n) is 2.48. The van der Waals surface area contributed by atoms with Crippen LogP contribution in [0.3, 0.4) is 0 Å². The Kier molecular flexibility index (Phi) is 4.20. The highest BCUT2D eigenvalue weighted by Gasteiger charge is 2.25. The van der Waals surface area contributed by atoms with Crippen LogP contribution in [0, 0.1) is 17.0 Å². The number of rotatable bonds is 4. The van der Waals surface area contributed by atoms with E-state index >= 15 is 0 Å². The van der Waals surface area contributed by atoms with E-state index in [1.54, 1.807) is 6.92 Å². The molecule has 0 aliphatic heterocycles. The molecule has 1 aromatic heterocycles. The van der Waals surface area contributed by atoms with Gasteiger partial charge in [-0.15, -0.1) is 5.10 Å². The maximum Gasteiger partial charge on any atom is 0.312 e. The van der Waals surface area contributed by atoms with Crippen molar-refractivity contribution in [1.82, 2.24) is 14.9 Å². The van der Waals surface area contributed by atoms with E-state index in [1.165, 1.54) is 20.9 Å². The van der Waals surface area contributed by atoms with Crippen LogP contribution < -0.4 is 5.12 Å². The molecule has 9 nitrogen and oxygen atoms in total. The smallest absolute Gasteiger partial charge is 0.273 e. The predicted molar refractivity (Wildman–Crippen MR) is 65.6 cm³/mol. The Balaban J connectivity index is 3.13. The standard InChI is InChI=1S/C10H15N5O4/c1-5-10(17)14(8(3)16)12(4)13-6-9(15(18)19)7(2)11-13/h6H,5H2,1-4H3. The molecule has 0 unspecified atom stereocenters. The largest absolute Gasteiger partial charge is 0.312 e. The molecule has 1 aromatic rings. The van der Waals surface area contributed by atoms with Gasteiger partial charge >= 0.3 is 5.69 Å². The molecule has 104 valence electrons. The third kappa shape index (κ3) is 2.87. The van der Waals surface area contributed by atoms with Gasteiger partial charge in [0.15, 0.2) is 0 Å². The summed E-state index contributed by atoms with van der Waals surface area (Å²) in [5.74, 6) is -0.920. The Labute approximate surface area is 109 Å². The van der Waals surface area contributed by atoms with Gasteiger partial charge < -0.3 is 0 Å². The zero-order valence-electron chi connectivity index (χ0n) is 11.2. The summed E-state index contributed by atoms with van der Waals surface area (Å²) in [6.45, 7) is 4.32. The van der Waals surface area contributed by atoms with Crippen LogP contribution in [0.1, 0.15) is 26.0 Å². The maximum atomic E-state index is 11.7. The zero-order chi connectivity index (χ0) is 14.7. The normalized spacial score (nSPS) is 10.1. The van der Waals surface area contributed by atoms with Crippen molar-refractivity contribution in [3.8, 4) is 0 Å². The maximum absolute atomic E-state index is 11.7. The number of hydrogen-bond donors (Lipinski definition) is 0.